The number of allylic oxidation sites excluding steroid dienone is 3. The maximum Gasteiger partial charge on any atom is 0.325 e. The van der Waals surface area contributed by atoms with Crippen molar-refractivity contribution in [3.05, 3.63) is 53.5 Å². The normalized spacial score (nSPS) is 14.8. The van der Waals surface area contributed by atoms with Gasteiger partial charge in [-0.15, -0.1) is 0 Å². The van der Waals surface area contributed by atoms with E-state index >= 15 is 0 Å². The third-order valence-corrected chi connectivity index (χ3v) is 3.52. The van der Waals surface area contributed by atoms with E-state index in [1.807, 2.05) is 11.0 Å². The van der Waals surface area contributed by atoms with Gasteiger partial charge in [0.05, 0.1) is 7.11 Å². The third kappa shape index (κ3) is 3.72. The minimum absolute atomic E-state index is 0.240. The fraction of sp³-hybridized carbons (Fsp3) is 0.353. The van der Waals surface area contributed by atoms with Crippen LogP contribution in [-0.2, 0) is 9.53 Å². The molecule has 2 rings (SSSR count). The standard InChI is InChI=1S/C17H20FNO2/c1-12(2)16-10-14(13-4-6-15(18)7-5-13)8-9-19(16)11-17(20)21-3/h4-8,10,12H,9,11H2,1-3H3. The summed E-state index contributed by atoms with van der Waals surface area (Å²) >= 11 is 0. The highest BCUT2D eigenvalue weighted by Gasteiger charge is 2.20. The highest BCUT2D eigenvalue weighted by Crippen LogP contribution is 2.27. The number of esters is 1. The Morgan fingerprint density at radius 3 is 2.57 bits per heavy atom. The Morgan fingerprint density at radius 1 is 1.33 bits per heavy atom. The van der Waals surface area contributed by atoms with E-state index in [1.165, 1.54) is 19.2 Å². The summed E-state index contributed by atoms with van der Waals surface area (Å²) in [5, 5.41) is 0. The Labute approximate surface area is 124 Å². The summed E-state index contributed by atoms with van der Waals surface area (Å²) in [4.78, 5) is 13.5. The summed E-state index contributed by atoms with van der Waals surface area (Å²) in [7, 11) is 1.39. The number of ether oxygens (including phenoxy) is 1. The molecule has 1 aliphatic rings. The Morgan fingerprint density at radius 2 is 2.00 bits per heavy atom. The molecule has 0 amide bonds. The van der Waals surface area contributed by atoms with Gasteiger partial charge in [-0.1, -0.05) is 32.1 Å². The average Bonchev–Trinajstić information content (AvgIpc) is 2.48. The first-order chi connectivity index (χ1) is 10.0. The Kier molecular flexibility index (Phi) is 4.78. The van der Waals surface area contributed by atoms with Gasteiger partial charge in [0, 0.05) is 12.2 Å². The zero-order valence-corrected chi connectivity index (χ0v) is 12.6. The van der Waals surface area contributed by atoms with Gasteiger partial charge in [0.1, 0.15) is 12.4 Å². The van der Waals surface area contributed by atoms with Crippen molar-refractivity contribution in [2.75, 3.05) is 20.2 Å². The van der Waals surface area contributed by atoms with Gasteiger partial charge >= 0.3 is 5.97 Å². The Hall–Kier alpha value is -2.10. The van der Waals surface area contributed by atoms with E-state index < -0.39 is 0 Å². The van der Waals surface area contributed by atoms with Crippen LogP contribution in [0.1, 0.15) is 19.4 Å². The molecule has 0 saturated heterocycles. The second-order valence-electron chi connectivity index (χ2n) is 5.35. The number of hydrogen-bond donors (Lipinski definition) is 0. The highest BCUT2D eigenvalue weighted by molar-refractivity contribution is 5.77. The molecule has 4 heteroatoms. The first kappa shape index (κ1) is 15.3. The summed E-state index contributed by atoms with van der Waals surface area (Å²) in [6.45, 7) is 5.06. The molecule has 0 saturated carbocycles. The number of benzene rings is 1. The molecule has 1 aliphatic heterocycles. The molecule has 112 valence electrons. The monoisotopic (exact) mass is 289 g/mol. The molecule has 0 unspecified atom stereocenters. The summed E-state index contributed by atoms with van der Waals surface area (Å²) in [6, 6.07) is 6.46. The molecule has 0 bridgehead atoms. The molecule has 3 nitrogen and oxygen atoms in total. The zero-order chi connectivity index (χ0) is 15.4. The number of hydrogen-bond acceptors (Lipinski definition) is 3. The quantitative estimate of drug-likeness (QED) is 0.797. The SMILES string of the molecule is COC(=O)CN1CC=C(c2ccc(F)cc2)C=C1C(C)C. The molecule has 0 fully saturated rings. The van der Waals surface area contributed by atoms with Crippen LogP contribution in [0, 0.1) is 11.7 Å². The molecule has 0 aromatic heterocycles. The Balaban J connectivity index is 2.24. The zero-order valence-electron chi connectivity index (χ0n) is 12.6. The van der Waals surface area contributed by atoms with E-state index in [1.54, 1.807) is 12.1 Å². The number of rotatable bonds is 4. The molecule has 1 heterocycles. The lowest BCUT2D eigenvalue weighted by atomic mass is 9.97. The van der Waals surface area contributed by atoms with Crippen LogP contribution in [0.2, 0.25) is 0 Å². The van der Waals surface area contributed by atoms with Gasteiger partial charge in [0.2, 0.25) is 0 Å². The van der Waals surface area contributed by atoms with Crippen LogP contribution in [-0.4, -0.2) is 31.1 Å². The van der Waals surface area contributed by atoms with Gasteiger partial charge in [-0.2, -0.15) is 0 Å². The fourth-order valence-corrected chi connectivity index (χ4v) is 2.38. The first-order valence-electron chi connectivity index (χ1n) is 7.00. The second kappa shape index (κ2) is 6.57. The number of carbonyl (C=O) groups excluding carboxylic acids is 1. The largest absolute Gasteiger partial charge is 0.468 e. The molecule has 0 spiro atoms. The number of carbonyl (C=O) groups is 1. The van der Waals surface area contributed by atoms with E-state index in [0.29, 0.717) is 12.5 Å². The van der Waals surface area contributed by atoms with E-state index in [0.717, 1.165) is 16.8 Å². The molecular formula is C17H20FNO2. The summed E-state index contributed by atoms with van der Waals surface area (Å²) in [6.07, 6.45) is 4.10. The van der Waals surface area contributed by atoms with Crippen molar-refractivity contribution in [1.29, 1.82) is 0 Å². The van der Waals surface area contributed by atoms with E-state index in [4.69, 9.17) is 4.74 Å². The maximum absolute atomic E-state index is 13.0. The van der Waals surface area contributed by atoms with E-state index in [9.17, 15) is 9.18 Å². The maximum atomic E-state index is 13.0. The first-order valence-corrected chi connectivity index (χ1v) is 7.00. The molecule has 1 aromatic rings. The fourth-order valence-electron chi connectivity index (χ4n) is 2.38. The van der Waals surface area contributed by atoms with E-state index in [-0.39, 0.29) is 18.3 Å². The molecule has 21 heavy (non-hydrogen) atoms. The minimum atomic E-state index is -0.250. The molecule has 0 radical (unpaired) electrons. The van der Waals surface area contributed by atoms with Gasteiger partial charge in [0.25, 0.3) is 0 Å². The summed E-state index contributed by atoms with van der Waals surface area (Å²) < 4.78 is 17.7. The van der Waals surface area contributed by atoms with Crippen LogP contribution < -0.4 is 0 Å². The van der Waals surface area contributed by atoms with Crippen molar-refractivity contribution in [3.63, 3.8) is 0 Å². The predicted molar refractivity (Wildman–Crippen MR) is 80.9 cm³/mol. The van der Waals surface area contributed by atoms with Crippen LogP contribution in [0.5, 0.6) is 0 Å². The highest BCUT2D eigenvalue weighted by atomic mass is 19.1. The number of methoxy groups -OCH3 is 1. The van der Waals surface area contributed by atoms with Crippen LogP contribution in [0.25, 0.3) is 5.57 Å². The summed E-state index contributed by atoms with van der Waals surface area (Å²) in [5.74, 6) is -0.200. The van der Waals surface area contributed by atoms with Crippen molar-refractivity contribution < 1.29 is 13.9 Å². The van der Waals surface area contributed by atoms with Gasteiger partial charge in [0.15, 0.2) is 0 Å². The smallest absolute Gasteiger partial charge is 0.325 e. The molecule has 0 N–H and O–H groups in total. The lowest BCUT2D eigenvalue weighted by Gasteiger charge is -2.31. The van der Waals surface area contributed by atoms with Crippen LogP contribution >= 0.6 is 0 Å². The van der Waals surface area contributed by atoms with E-state index in [2.05, 4.69) is 19.9 Å². The Bertz CT molecular complexity index is 573. The van der Waals surface area contributed by atoms with Crippen molar-refractivity contribution in [2.45, 2.75) is 13.8 Å². The summed E-state index contributed by atoms with van der Waals surface area (Å²) in [5.41, 5.74) is 3.12. The van der Waals surface area contributed by atoms with Crippen molar-refractivity contribution in [2.24, 2.45) is 5.92 Å². The van der Waals surface area contributed by atoms with Gasteiger partial charge in [-0.3, -0.25) is 4.79 Å². The van der Waals surface area contributed by atoms with Gasteiger partial charge in [-0.25, -0.2) is 4.39 Å². The molecular weight excluding hydrogens is 269 g/mol. The predicted octanol–water partition coefficient (Wildman–Crippen LogP) is 3.24. The number of halogens is 1. The van der Waals surface area contributed by atoms with Crippen LogP contribution in [0.4, 0.5) is 4.39 Å². The third-order valence-electron chi connectivity index (χ3n) is 3.52. The average molecular weight is 289 g/mol. The van der Waals surface area contributed by atoms with Crippen molar-refractivity contribution >= 4 is 11.5 Å². The number of nitrogens with zero attached hydrogens (tertiary/aromatic N) is 1. The molecule has 0 atom stereocenters. The van der Waals surface area contributed by atoms with Crippen molar-refractivity contribution in [3.8, 4) is 0 Å². The van der Waals surface area contributed by atoms with Crippen molar-refractivity contribution in [1.82, 2.24) is 4.90 Å². The topological polar surface area (TPSA) is 29.5 Å². The lowest BCUT2D eigenvalue weighted by Crippen LogP contribution is -2.33. The second-order valence-corrected chi connectivity index (χ2v) is 5.35. The minimum Gasteiger partial charge on any atom is -0.468 e. The van der Waals surface area contributed by atoms with Gasteiger partial charge < -0.3 is 9.64 Å². The lowest BCUT2D eigenvalue weighted by molar-refractivity contribution is -0.141. The van der Waals surface area contributed by atoms with Crippen LogP contribution in [0.3, 0.4) is 0 Å². The molecule has 0 aliphatic carbocycles. The van der Waals surface area contributed by atoms with Gasteiger partial charge in [-0.05, 0) is 35.3 Å². The van der Waals surface area contributed by atoms with Crippen LogP contribution in [0.15, 0.2) is 42.1 Å². The molecule has 1 aromatic carbocycles.